The molecule has 1 N–H and O–H groups in total. The number of nitrogens with one attached hydrogen (secondary N) is 1. The normalized spacial score (nSPS) is 24.2. The van der Waals surface area contributed by atoms with Gasteiger partial charge in [-0.05, 0) is 66.4 Å². The minimum atomic E-state index is -3.46. The fourth-order valence-electron chi connectivity index (χ4n) is 2.77. The van der Waals surface area contributed by atoms with Crippen LogP contribution in [-0.4, -0.2) is 32.4 Å². The average molecular weight is 375 g/mol. The molecule has 1 saturated heterocycles. The molecule has 0 radical (unpaired) electrons. The predicted octanol–water partition coefficient (Wildman–Crippen LogP) is 2.98. The van der Waals surface area contributed by atoms with E-state index >= 15 is 0 Å². The van der Waals surface area contributed by atoms with Crippen molar-refractivity contribution in [3.63, 3.8) is 0 Å². The first-order chi connectivity index (χ1) is 9.86. The molecule has 21 heavy (non-hydrogen) atoms. The standard InChI is InChI=1S/C15H23BrN2O2S/c1-11-4-5-12(2)18(10-11)21(19,20)15-8-13(9-17-3)6-7-14(15)16/h6-8,11-12,17H,4-5,9-10H2,1-3H3. The monoisotopic (exact) mass is 374 g/mol. The largest absolute Gasteiger partial charge is 0.316 e. The van der Waals surface area contributed by atoms with Gasteiger partial charge in [0.1, 0.15) is 0 Å². The van der Waals surface area contributed by atoms with Crippen molar-refractivity contribution in [3.05, 3.63) is 28.2 Å². The topological polar surface area (TPSA) is 49.4 Å². The molecular weight excluding hydrogens is 352 g/mol. The van der Waals surface area contributed by atoms with Gasteiger partial charge in [0.05, 0.1) is 4.90 Å². The number of piperidine rings is 1. The molecule has 0 saturated carbocycles. The third kappa shape index (κ3) is 3.67. The van der Waals surface area contributed by atoms with Gasteiger partial charge in [-0.25, -0.2) is 8.42 Å². The van der Waals surface area contributed by atoms with Crippen LogP contribution in [0, 0.1) is 5.92 Å². The van der Waals surface area contributed by atoms with Gasteiger partial charge in [-0.2, -0.15) is 4.31 Å². The van der Waals surface area contributed by atoms with Gasteiger partial charge in [0, 0.05) is 23.6 Å². The zero-order valence-corrected chi connectivity index (χ0v) is 15.2. The van der Waals surface area contributed by atoms with Gasteiger partial charge in [-0.1, -0.05) is 13.0 Å². The van der Waals surface area contributed by atoms with Gasteiger partial charge in [0.2, 0.25) is 10.0 Å². The molecule has 1 aromatic carbocycles. The van der Waals surface area contributed by atoms with Crippen LogP contribution in [0.1, 0.15) is 32.3 Å². The lowest BCUT2D eigenvalue weighted by molar-refractivity contribution is 0.218. The highest BCUT2D eigenvalue weighted by Crippen LogP contribution is 2.31. The van der Waals surface area contributed by atoms with Crippen molar-refractivity contribution >= 4 is 26.0 Å². The molecule has 0 aromatic heterocycles. The van der Waals surface area contributed by atoms with Gasteiger partial charge >= 0.3 is 0 Å². The minimum Gasteiger partial charge on any atom is -0.316 e. The van der Waals surface area contributed by atoms with Crippen molar-refractivity contribution in [1.29, 1.82) is 0 Å². The highest BCUT2D eigenvalue weighted by Gasteiger charge is 2.34. The van der Waals surface area contributed by atoms with Crippen molar-refractivity contribution in [2.45, 2.75) is 44.2 Å². The van der Waals surface area contributed by atoms with E-state index in [0.29, 0.717) is 28.4 Å². The van der Waals surface area contributed by atoms with Crippen LogP contribution < -0.4 is 5.32 Å². The van der Waals surface area contributed by atoms with Crippen LogP contribution in [0.2, 0.25) is 0 Å². The molecule has 2 unspecified atom stereocenters. The summed E-state index contributed by atoms with van der Waals surface area (Å²) in [5.74, 6) is 0.412. The lowest BCUT2D eigenvalue weighted by Gasteiger charge is -2.35. The molecule has 0 spiro atoms. The summed E-state index contributed by atoms with van der Waals surface area (Å²) in [6.45, 7) is 5.36. The molecule has 118 valence electrons. The van der Waals surface area contributed by atoms with E-state index in [-0.39, 0.29) is 6.04 Å². The van der Waals surface area contributed by atoms with Gasteiger partial charge in [-0.15, -0.1) is 0 Å². The van der Waals surface area contributed by atoms with Crippen LogP contribution in [-0.2, 0) is 16.6 Å². The first kappa shape index (κ1) is 16.9. The second kappa shape index (κ2) is 6.77. The van der Waals surface area contributed by atoms with Gasteiger partial charge in [-0.3, -0.25) is 0 Å². The summed E-state index contributed by atoms with van der Waals surface area (Å²) in [4.78, 5) is 0.371. The Labute approximate surface area is 136 Å². The Hall–Kier alpha value is -0.430. The van der Waals surface area contributed by atoms with Crippen LogP contribution in [0.25, 0.3) is 0 Å². The maximum absolute atomic E-state index is 13.0. The first-order valence-electron chi connectivity index (χ1n) is 7.31. The lowest BCUT2D eigenvalue weighted by atomic mass is 9.97. The molecule has 0 bridgehead atoms. The summed E-state index contributed by atoms with van der Waals surface area (Å²) in [6.07, 6.45) is 2.02. The number of hydrogen-bond acceptors (Lipinski definition) is 3. The highest BCUT2D eigenvalue weighted by molar-refractivity contribution is 9.10. The van der Waals surface area contributed by atoms with E-state index in [4.69, 9.17) is 0 Å². The quantitative estimate of drug-likeness (QED) is 0.880. The molecule has 0 amide bonds. The van der Waals surface area contributed by atoms with Crippen molar-refractivity contribution in [3.8, 4) is 0 Å². The SMILES string of the molecule is CNCc1ccc(Br)c(S(=O)(=O)N2CC(C)CCC2C)c1. The fourth-order valence-corrected chi connectivity index (χ4v) is 5.53. The molecule has 1 fully saturated rings. The molecule has 1 heterocycles. The number of nitrogens with zero attached hydrogens (tertiary/aromatic N) is 1. The van der Waals surface area contributed by atoms with Crippen LogP contribution in [0.5, 0.6) is 0 Å². The van der Waals surface area contributed by atoms with Crippen molar-refractivity contribution in [2.24, 2.45) is 5.92 Å². The third-order valence-electron chi connectivity index (χ3n) is 4.02. The van der Waals surface area contributed by atoms with Gasteiger partial charge < -0.3 is 5.32 Å². The molecule has 6 heteroatoms. The number of sulfonamides is 1. The Morgan fingerprint density at radius 2 is 2.05 bits per heavy atom. The van der Waals surface area contributed by atoms with Crippen molar-refractivity contribution in [1.82, 2.24) is 9.62 Å². The zero-order chi connectivity index (χ0) is 15.6. The van der Waals surface area contributed by atoms with Crippen LogP contribution in [0.4, 0.5) is 0 Å². The number of rotatable bonds is 4. The second-order valence-corrected chi connectivity index (χ2v) is 8.61. The van der Waals surface area contributed by atoms with Gasteiger partial charge in [0.15, 0.2) is 0 Å². The molecule has 1 aliphatic heterocycles. The number of halogens is 1. The summed E-state index contributed by atoms with van der Waals surface area (Å²) in [5, 5.41) is 3.05. The summed E-state index contributed by atoms with van der Waals surface area (Å²) < 4.78 is 28.3. The fraction of sp³-hybridized carbons (Fsp3) is 0.600. The highest BCUT2D eigenvalue weighted by atomic mass is 79.9. The Balaban J connectivity index is 2.40. The predicted molar refractivity (Wildman–Crippen MR) is 88.7 cm³/mol. The number of hydrogen-bond donors (Lipinski definition) is 1. The molecular formula is C15H23BrN2O2S. The Kier molecular flexibility index (Phi) is 5.46. The zero-order valence-electron chi connectivity index (χ0n) is 12.8. The van der Waals surface area contributed by atoms with Crippen LogP contribution in [0.15, 0.2) is 27.6 Å². The van der Waals surface area contributed by atoms with E-state index in [9.17, 15) is 8.42 Å². The van der Waals surface area contributed by atoms with Crippen molar-refractivity contribution in [2.75, 3.05) is 13.6 Å². The Morgan fingerprint density at radius 1 is 1.33 bits per heavy atom. The van der Waals surface area contributed by atoms with Crippen LogP contribution >= 0.6 is 15.9 Å². The molecule has 1 aliphatic rings. The molecule has 1 aromatic rings. The van der Waals surface area contributed by atoms with E-state index in [2.05, 4.69) is 28.2 Å². The van der Waals surface area contributed by atoms with Crippen LogP contribution in [0.3, 0.4) is 0 Å². The number of benzene rings is 1. The van der Waals surface area contributed by atoms with E-state index in [1.165, 1.54) is 0 Å². The maximum atomic E-state index is 13.0. The third-order valence-corrected chi connectivity index (χ3v) is 7.00. The summed E-state index contributed by atoms with van der Waals surface area (Å²) in [7, 11) is -1.61. The van der Waals surface area contributed by atoms with Gasteiger partial charge in [0.25, 0.3) is 0 Å². The van der Waals surface area contributed by atoms with E-state index in [0.717, 1.165) is 18.4 Å². The second-order valence-electron chi connectivity index (χ2n) is 5.90. The molecule has 4 nitrogen and oxygen atoms in total. The molecule has 2 rings (SSSR count). The van der Waals surface area contributed by atoms with Crippen molar-refractivity contribution < 1.29 is 8.42 Å². The summed E-state index contributed by atoms with van der Waals surface area (Å²) >= 11 is 3.39. The smallest absolute Gasteiger partial charge is 0.244 e. The molecule has 2 atom stereocenters. The lowest BCUT2D eigenvalue weighted by Crippen LogP contribution is -2.44. The average Bonchev–Trinajstić information content (AvgIpc) is 2.43. The van der Waals surface area contributed by atoms with E-state index in [1.807, 2.05) is 26.1 Å². The maximum Gasteiger partial charge on any atom is 0.244 e. The summed E-state index contributed by atoms with van der Waals surface area (Å²) in [6, 6.07) is 5.58. The van der Waals surface area contributed by atoms with E-state index < -0.39 is 10.0 Å². The minimum absolute atomic E-state index is 0.0612. The van der Waals surface area contributed by atoms with E-state index in [1.54, 1.807) is 10.4 Å². The summed E-state index contributed by atoms with van der Waals surface area (Å²) in [5.41, 5.74) is 0.969. The molecule has 0 aliphatic carbocycles. The Morgan fingerprint density at radius 3 is 2.71 bits per heavy atom. The first-order valence-corrected chi connectivity index (χ1v) is 9.54. The Bertz CT molecular complexity index is 604.